The first-order valence-electron chi connectivity index (χ1n) is 7.03. The van der Waals surface area contributed by atoms with E-state index in [1.807, 2.05) is 0 Å². The summed E-state index contributed by atoms with van der Waals surface area (Å²) < 4.78 is 0. The maximum atomic E-state index is 11.6. The van der Waals surface area contributed by atoms with Gasteiger partial charge in [-0.05, 0) is 19.8 Å². The molecule has 2 rings (SSSR count). The van der Waals surface area contributed by atoms with Crippen LogP contribution in [0.4, 0.5) is 11.5 Å². The molecule has 0 unspecified atom stereocenters. The molecule has 1 heterocycles. The number of nitrogens with one attached hydrogen (secondary N) is 1. The SMILES string of the molecule is Cc1cnc(NCC2(C(=O)O)CCCCC2)cc1[N+](=O)[O-]. The lowest BCUT2D eigenvalue weighted by Gasteiger charge is -2.33. The van der Waals surface area contributed by atoms with Gasteiger partial charge in [-0.15, -0.1) is 0 Å². The average molecular weight is 293 g/mol. The quantitative estimate of drug-likeness (QED) is 0.638. The number of hydrogen-bond acceptors (Lipinski definition) is 5. The first kappa shape index (κ1) is 15.2. The minimum absolute atomic E-state index is 0.0134. The normalized spacial score (nSPS) is 17.2. The van der Waals surface area contributed by atoms with Crippen LogP contribution in [-0.2, 0) is 4.79 Å². The summed E-state index contributed by atoms with van der Waals surface area (Å²) in [6, 6.07) is 1.35. The first-order chi connectivity index (χ1) is 9.94. The molecule has 0 saturated heterocycles. The summed E-state index contributed by atoms with van der Waals surface area (Å²) in [5, 5.41) is 23.4. The molecule has 0 atom stereocenters. The molecule has 1 aliphatic carbocycles. The zero-order chi connectivity index (χ0) is 15.5. The summed E-state index contributed by atoms with van der Waals surface area (Å²) in [4.78, 5) is 26.1. The van der Waals surface area contributed by atoms with Crippen molar-refractivity contribution in [2.75, 3.05) is 11.9 Å². The van der Waals surface area contributed by atoms with Crippen molar-refractivity contribution >= 4 is 17.5 Å². The number of hydrogen-bond donors (Lipinski definition) is 2. The first-order valence-corrected chi connectivity index (χ1v) is 7.03. The van der Waals surface area contributed by atoms with Crippen molar-refractivity contribution in [2.45, 2.75) is 39.0 Å². The Morgan fingerprint density at radius 1 is 1.48 bits per heavy atom. The third-order valence-electron chi connectivity index (χ3n) is 4.14. The summed E-state index contributed by atoms with van der Waals surface area (Å²) >= 11 is 0. The summed E-state index contributed by atoms with van der Waals surface area (Å²) in [5.41, 5.74) is -0.323. The molecule has 7 nitrogen and oxygen atoms in total. The number of aliphatic carboxylic acids is 1. The van der Waals surface area contributed by atoms with Gasteiger partial charge in [0.15, 0.2) is 0 Å². The Labute approximate surface area is 122 Å². The van der Waals surface area contributed by atoms with Crippen LogP contribution in [0.15, 0.2) is 12.3 Å². The lowest BCUT2D eigenvalue weighted by molar-refractivity contribution is -0.385. The van der Waals surface area contributed by atoms with Crippen LogP contribution in [0.1, 0.15) is 37.7 Å². The van der Waals surface area contributed by atoms with Crippen LogP contribution >= 0.6 is 0 Å². The molecule has 1 aromatic heterocycles. The molecule has 1 saturated carbocycles. The van der Waals surface area contributed by atoms with E-state index in [9.17, 15) is 20.0 Å². The summed E-state index contributed by atoms with van der Waals surface area (Å²) in [6.07, 6.45) is 5.54. The maximum absolute atomic E-state index is 11.6. The number of nitro groups is 1. The predicted molar refractivity (Wildman–Crippen MR) is 77.3 cm³/mol. The van der Waals surface area contributed by atoms with Gasteiger partial charge in [-0.25, -0.2) is 4.98 Å². The molecule has 0 aliphatic heterocycles. The van der Waals surface area contributed by atoms with Crippen molar-refractivity contribution in [2.24, 2.45) is 5.41 Å². The van der Waals surface area contributed by atoms with E-state index in [0.29, 0.717) is 24.2 Å². The molecular weight excluding hydrogens is 274 g/mol. The minimum Gasteiger partial charge on any atom is -0.481 e. The molecule has 1 fully saturated rings. The number of carboxylic acids is 1. The monoisotopic (exact) mass is 293 g/mol. The predicted octanol–water partition coefficient (Wildman–Crippen LogP) is 2.75. The number of pyridine rings is 1. The zero-order valence-electron chi connectivity index (χ0n) is 12.0. The van der Waals surface area contributed by atoms with Gasteiger partial charge in [0.05, 0.1) is 16.4 Å². The van der Waals surface area contributed by atoms with Gasteiger partial charge in [-0.1, -0.05) is 19.3 Å². The highest BCUT2D eigenvalue weighted by molar-refractivity contribution is 5.75. The summed E-state index contributed by atoms with van der Waals surface area (Å²) in [6.45, 7) is 1.87. The average Bonchev–Trinajstić information content (AvgIpc) is 2.47. The molecule has 0 bridgehead atoms. The lowest BCUT2D eigenvalue weighted by atomic mass is 9.74. The van der Waals surface area contributed by atoms with Crippen molar-refractivity contribution in [3.63, 3.8) is 0 Å². The molecule has 0 amide bonds. The third kappa shape index (κ3) is 3.29. The van der Waals surface area contributed by atoms with E-state index in [2.05, 4.69) is 10.3 Å². The Morgan fingerprint density at radius 3 is 2.71 bits per heavy atom. The number of anilines is 1. The van der Waals surface area contributed by atoms with Gasteiger partial charge in [0.2, 0.25) is 0 Å². The Balaban J connectivity index is 2.12. The molecule has 0 spiro atoms. The summed E-state index contributed by atoms with van der Waals surface area (Å²) in [7, 11) is 0. The van der Waals surface area contributed by atoms with E-state index >= 15 is 0 Å². The van der Waals surface area contributed by atoms with Crippen LogP contribution in [0.25, 0.3) is 0 Å². The number of carbonyl (C=O) groups is 1. The molecule has 7 heteroatoms. The van der Waals surface area contributed by atoms with Crippen molar-refractivity contribution in [3.8, 4) is 0 Å². The van der Waals surface area contributed by atoms with Crippen LogP contribution in [0.3, 0.4) is 0 Å². The van der Waals surface area contributed by atoms with Gasteiger partial charge in [-0.3, -0.25) is 14.9 Å². The molecule has 21 heavy (non-hydrogen) atoms. The van der Waals surface area contributed by atoms with Crippen LogP contribution in [0.2, 0.25) is 0 Å². The van der Waals surface area contributed by atoms with E-state index < -0.39 is 16.3 Å². The van der Waals surface area contributed by atoms with E-state index in [-0.39, 0.29) is 12.2 Å². The second kappa shape index (κ2) is 6.07. The highest BCUT2D eigenvalue weighted by Gasteiger charge is 2.39. The number of nitrogens with zero attached hydrogens (tertiary/aromatic N) is 2. The Morgan fingerprint density at radius 2 is 2.14 bits per heavy atom. The smallest absolute Gasteiger partial charge is 0.311 e. The molecular formula is C14H19N3O4. The van der Waals surface area contributed by atoms with E-state index in [1.165, 1.54) is 12.3 Å². The van der Waals surface area contributed by atoms with E-state index in [1.54, 1.807) is 6.92 Å². The van der Waals surface area contributed by atoms with Gasteiger partial charge >= 0.3 is 5.97 Å². The number of aromatic nitrogens is 1. The summed E-state index contributed by atoms with van der Waals surface area (Å²) in [5.74, 6) is -0.463. The maximum Gasteiger partial charge on any atom is 0.311 e. The minimum atomic E-state index is -0.809. The standard InChI is InChI=1S/C14H19N3O4/c1-10-8-15-12(7-11(10)17(20)21)16-9-14(13(18)19)5-3-2-4-6-14/h7-8H,2-6,9H2,1H3,(H,15,16)(H,18,19). The number of rotatable bonds is 5. The van der Waals surface area contributed by atoms with E-state index in [0.717, 1.165) is 19.3 Å². The molecule has 0 aromatic carbocycles. The number of aryl methyl sites for hydroxylation is 1. The van der Waals surface area contributed by atoms with Crippen LogP contribution in [0, 0.1) is 22.5 Å². The topological polar surface area (TPSA) is 105 Å². The number of carboxylic acid groups (broad SMARTS) is 1. The van der Waals surface area contributed by atoms with Crippen molar-refractivity contribution in [3.05, 3.63) is 27.9 Å². The third-order valence-corrected chi connectivity index (χ3v) is 4.14. The van der Waals surface area contributed by atoms with Crippen LogP contribution in [-0.4, -0.2) is 27.5 Å². The Bertz CT molecular complexity index is 553. The largest absolute Gasteiger partial charge is 0.481 e. The van der Waals surface area contributed by atoms with Gasteiger partial charge in [-0.2, -0.15) is 0 Å². The molecule has 1 aromatic rings. The Hall–Kier alpha value is -2.18. The van der Waals surface area contributed by atoms with Gasteiger partial charge < -0.3 is 10.4 Å². The van der Waals surface area contributed by atoms with E-state index in [4.69, 9.17) is 0 Å². The fourth-order valence-electron chi connectivity index (χ4n) is 2.76. The Kier molecular flexibility index (Phi) is 4.40. The highest BCUT2D eigenvalue weighted by Crippen LogP contribution is 2.36. The molecule has 2 N–H and O–H groups in total. The van der Waals surface area contributed by atoms with Crippen molar-refractivity contribution in [1.82, 2.24) is 4.98 Å². The molecule has 1 aliphatic rings. The van der Waals surface area contributed by atoms with Crippen LogP contribution in [0.5, 0.6) is 0 Å². The lowest BCUT2D eigenvalue weighted by Crippen LogP contribution is -2.39. The van der Waals surface area contributed by atoms with Crippen molar-refractivity contribution < 1.29 is 14.8 Å². The highest BCUT2D eigenvalue weighted by atomic mass is 16.6. The van der Waals surface area contributed by atoms with Gasteiger partial charge in [0.1, 0.15) is 5.82 Å². The fourth-order valence-corrected chi connectivity index (χ4v) is 2.76. The van der Waals surface area contributed by atoms with Crippen LogP contribution < -0.4 is 5.32 Å². The zero-order valence-corrected chi connectivity index (χ0v) is 12.0. The second-order valence-corrected chi connectivity index (χ2v) is 5.61. The molecule has 0 radical (unpaired) electrons. The fraction of sp³-hybridized carbons (Fsp3) is 0.571. The van der Waals surface area contributed by atoms with Crippen molar-refractivity contribution in [1.29, 1.82) is 0 Å². The van der Waals surface area contributed by atoms with Gasteiger partial charge in [0.25, 0.3) is 5.69 Å². The molecule has 114 valence electrons. The second-order valence-electron chi connectivity index (χ2n) is 5.61. The van der Waals surface area contributed by atoms with Gasteiger partial charge in [0, 0.05) is 18.3 Å².